The Balaban J connectivity index is 2.02. The molecule has 3 rings (SSSR count). The van der Waals surface area contributed by atoms with Crippen LogP contribution in [0.5, 0.6) is 0 Å². The van der Waals surface area contributed by atoms with Gasteiger partial charge in [-0.3, -0.25) is 0 Å². The fourth-order valence-electron chi connectivity index (χ4n) is 3.08. The Hall–Kier alpha value is -1.86. The SMILES string of the molecule is CC1=C(c2ccccc2)C(O)CC1c1ccccc1. The monoisotopic (exact) mass is 250 g/mol. The lowest BCUT2D eigenvalue weighted by Gasteiger charge is -2.12. The molecule has 1 heteroatoms. The van der Waals surface area contributed by atoms with Crippen molar-refractivity contribution in [2.45, 2.75) is 25.4 Å². The molecule has 0 fully saturated rings. The average molecular weight is 250 g/mol. The highest BCUT2D eigenvalue weighted by atomic mass is 16.3. The van der Waals surface area contributed by atoms with Crippen LogP contribution in [-0.2, 0) is 0 Å². The van der Waals surface area contributed by atoms with Crippen LogP contribution in [0.4, 0.5) is 0 Å². The number of allylic oxidation sites excluding steroid dienone is 1. The second-order valence-electron chi connectivity index (χ2n) is 5.18. The van der Waals surface area contributed by atoms with E-state index in [1.165, 1.54) is 11.1 Å². The predicted molar refractivity (Wildman–Crippen MR) is 78.8 cm³/mol. The van der Waals surface area contributed by atoms with Gasteiger partial charge in [0, 0.05) is 5.92 Å². The Bertz CT molecular complexity index is 584. The van der Waals surface area contributed by atoms with E-state index >= 15 is 0 Å². The van der Waals surface area contributed by atoms with Crippen molar-refractivity contribution in [1.29, 1.82) is 0 Å². The zero-order valence-corrected chi connectivity index (χ0v) is 11.1. The van der Waals surface area contributed by atoms with E-state index in [1.54, 1.807) is 0 Å². The number of benzene rings is 2. The first-order valence-corrected chi connectivity index (χ1v) is 6.76. The van der Waals surface area contributed by atoms with Gasteiger partial charge in [-0.25, -0.2) is 0 Å². The molecule has 96 valence electrons. The molecule has 0 spiro atoms. The van der Waals surface area contributed by atoms with Gasteiger partial charge in [-0.05, 0) is 30.0 Å². The molecule has 0 aliphatic heterocycles. The number of aliphatic hydroxyl groups excluding tert-OH is 1. The minimum absolute atomic E-state index is 0.339. The van der Waals surface area contributed by atoms with Crippen LogP contribution in [0.3, 0.4) is 0 Å². The van der Waals surface area contributed by atoms with Crippen molar-refractivity contribution in [1.82, 2.24) is 0 Å². The van der Waals surface area contributed by atoms with Crippen LogP contribution in [-0.4, -0.2) is 11.2 Å². The molecular formula is C18H18O. The van der Waals surface area contributed by atoms with Crippen molar-refractivity contribution < 1.29 is 5.11 Å². The average Bonchev–Trinajstić information content (AvgIpc) is 2.76. The van der Waals surface area contributed by atoms with Crippen LogP contribution >= 0.6 is 0 Å². The zero-order chi connectivity index (χ0) is 13.2. The van der Waals surface area contributed by atoms with Crippen LogP contribution in [0, 0.1) is 0 Å². The predicted octanol–water partition coefficient (Wildman–Crippen LogP) is 4.01. The maximum Gasteiger partial charge on any atom is 0.0804 e. The Morgan fingerprint density at radius 2 is 1.47 bits per heavy atom. The van der Waals surface area contributed by atoms with E-state index < -0.39 is 0 Å². The summed E-state index contributed by atoms with van der Waals surface area (Å²) in [7, 11) is 0. The van der Waals surface area contributed by atoms with Crippen molar-refractivity contribution in [2.75, 3.05) is 0 Å². The maximum atomic E-state index is 10.4. The standard InChI is InChI=1S/C18H18O/c1-13-16(14-8-4-2-5-9-14)12-17(19)18(13)15-10-6-3-7-11-15/h2-11,16-17,19H,12H2,1H3. The van der Waals surface area contributed by atoms with E-state index in [4.69, 9.17) is 0 Å². The van der Waals surface area contributed by atoms with Crippen LogP contribution < -0.4 is 0 Å². The van der Waals surface area contributed by atoms with Crippen LogP contribution in [0.1, 0.15) is 30.4 Å². The highest BCUT2D eigenvalue weighted by molar-refractivity contribution is 5.75. The third-order valence-electron chi connectivity index (χ3n) is 4.03. The molecule has 1 aliphatic carbocycles. The molecule has 1 aliphatic rings. The van der Waals surface area contributed by atoms with Crippen molar-refractivity contribution >= 4 is 5.57 Å². The lowest BCUT2D eigenvalue weighted by Crippen LogP contribution is -2.05. The van der Waals surface area contributed by atoms with Gasteiger partial charge in [-0.2, -0.15) is 0 Å². The first-order chi connectivity index (χ1) is 9.27. The van der Waals surface area contributed by atoms with Crippen molar-refractivity contribution in [2.24, 2.45) is 0 Å². The number of hydrogen-bond donors (Lipinski definition) is 1. The topological polar surface area (TPSA) is 20.2 Å². The van der Waals surface area contributed by atoms with Gasteiger partial charge < -0.3 is 5.11 Å². The smallest absolute Gasteiger partial charge is 0.0804 e. The summed E-state index contributed by atoms with van der Waals surface area (Å²) < 4.78 is 0. The van der Waals surface area contributed by atoms with E-state index in [0.717, 1.165) is 17.6 Å². The molecule has 0 heterocycles. The van der Waals surface area contributed by atoms with Gasteiger partial charge in [-0.15, -0.1) is 0 Å². The molecule has 0 saturated heterocycles. The molecule has 1 nitrogen and oxygen atoms in total. The summed E-state index contributed by atoms with van der Waals surface area (Å²) in [5.74, 6) is 0.339. The molecule has 0 saturated carbocycles. The van der Waals surface area contributed by atoms with E-state index in [-0.39, 0.29) is 6.10 Å². The molecule has 2 unspecified atom stereocenters. The molecule has 2 atom stereocenters. The first kappa shape index (κ1) is 12.2. The Kier molecular flexibility index (Phi) is 3.22. The molecule has 0 aromatic heterocycles. The largest absolute Gasteiger partial charge is 0.388 e. The summed E-state index contributed by atoms with van der Waals surface area (Å²) >= 11 is 0. The second kappa shape index (κ2) is 5.02. The van der Waals surface area contributed by atoms with Crippen LogP contribution in [0.15, 0.2) is 66.2 Å². The van der Waals surface area contributed by atoms with E-state index in [1.807, 2.05) is 24.3 Å². The summed E-state index contributed by atoms with van der Waals surface area (Å²) in [6.45, 7) is 2.15. The zero-order valence-electron chi connectivity index (χ0n) is 11.1. The Labute approximate surface area is 114 Å². The minimum atomic E-state index is -0.354. The van der Waals surface area contributed by atoms with Gasteiger partial charge in [0.1, 0.15) is 0 Å². The fourth-order valence-corrected chi connectivity index (χ4v) is 3.08. The molecule has 2 aromatic rings. The molecule has 0 bridgehead atoms. The molecule has 2 aromatic carbocycles. The molecular weight excluding hydrogens is 232 g/mol. The summed E-state index contributed by atoms with van der Waals surface area (Å²) in [6, 6.07) is 20.7. The number of hydrogen-bond acceptors (Lipinski definition) is 1. The van der Waals surface area contributed by atoms with Crippen LogP contribution in [0.2, 0.25) is 0 Å². The summed E-state index contributed by atoms with van der Waals surface area (Å²) in [6.07, 6.45) is 0.438. The quantitative estimate of drug-likeness (QED) is 0.854. The first-order valence-electron chi connectivity index (χ1n) is 6.76. The lowest BCUT2D eigenvalue weighted by atomic mass is 9.92. The van der Waals surface area contributed by atoms with Gasteiger partial charge in [0.25, 0.3) is 0 Å². The van der Waals surface area contributed by atoms with Crippen molar-refractivity contribution in [3.8, 4) is 0 Å². The van der Waals surface area contributed by atoms with E-state index in [0.29, 0.717) is 5.92 Å². The van der Waals surface area contributed by atoms with Gasteiger partial charge in [-0.1, -0.05) is 66.2 Å². The lowest BCUT2D eigenvalue weighted by molar-refractivity contribution is 0.226. The Morgan fingerprint density at radius 3 is 2.11 bits per heavy atom. The van der Waals surface area contributed by atoms with Crippen LogP contribution in [0.25, 0.3) is 5.57 Å². The summed E-state index contributed by atoms with van der Waals surface area (Å²) in [5, 5.41) is 10.4. The highest BCUT2D eigenvalue weighted by Crippen LogP contribution is 2.43. The van der Waals surface area contributed by atoms with Gasteiger partial charge in [0.05, 0.1) is 6.10 Å². The Morgan fingerprint density at radius 1 is 0.895 bits per heavy atom. The maximum absolute atomic E-state index is 10.4. The molecule has 0 amide bonds. The summed E-state index contributed by atoms with van der Waals surface area (Å²) in [4.78, 5) is 0. The highest BCUT2D eigenvalue weighted by Gasteiger charge is 2.31. The molecule has 1 N–H and O–H groups in total. The van der Waals surface area contributed by atoms with E-state index in [2.05, 4.69) is 43.3 Å². The van der Waals surface area contributed by atoms with Crippen molar-refractivity contribution in [3.05, 3.63) is 77.4 Å². The van der Waals surface area contributed by atoms with Gasteiger partial charge >= 0.3 is 0 Å². The van der Waals surface area contributed by atoms with Gasteiger partial charge in [0.2, 0.25) is 0 Å². The summed E-state index contributed by atoms with van der Waals surface area (Å²) in [5.41, 5.74) is 4.84. The minimum Gasteiger partial charge on any atom is -0.388 e. The number of aliphatic hydroxyl groups is 1. The fraction of sp³-hybridized carbons (Fsp3) is 0.222. The molecule has 19 heavy (non-hydrogen) atoms. The molecule has 0 radical (unpaired) electrons. The second-order valence-corrected chi connectivity index (χ2v) is 5.18. The number of rotatable bonds is 2. The van der Waals surface area contributed by atoms with E-state index in [9.17, 15) is 5.11 Å². The van der Waals surface area contributed by atoms with Crippen molar-refractivity contribution in [3.63, 3.8) is 0 Å². The third-order valence-corrected chi connectivity index (χ3v) is 4.03. The third kappa shape index (κ3) is 2.22. The normalized spacial score (nSPS) is 22.8. The van der Waals surface area contributed by atoms with Gasteiger partial charge in [0.15, 0.2) is 0 Å².